The predicted octanol–water partition coefficient (Wildman–Crippen LogP) is 2.83. The van der Waals surface area contributed by atoms with E-state index in [0.717, 1.165) is 9.79 Å². The molecule has 2 rings (SSSR count). The molecule has 3 nitrogen and oxygen atoms in total. The fourth-order valence-corrected chi connectivity index (χ4v) is 2.11. The van der Waals surface area contributed by atoms with Crippen molar-refractivity contribution in [1.29, 1.82) is 0 Å². The molecule has 0 saturated heterocycles. The lowest BCUT2D eigenvalue weighted by Crippen LogP contribution is -1.85. The van der Waals surface area contributed by atoms with Crippen LogP contribution in [0.1, 0.15) is 0 Å². The first kappa shape index (κ1) is 10.7. The van der Waals surface area contributed by atoms with Crippen LogP contribution in [0.5, 0.6) is 11.5 Å². The van der Waals surface area contributed by atoms with Gasteiger partial charge >= 0.3 is 0 Å². The van der Waals surface area contributed by atoms with Crippen LogP contribution in [0.2, 0.25) is 0 Å². The van der Waals surface area contributed by atoms with Crippen LogP contribution in [0.15, 0.2) is 52.3 Å². The van der Waals surface area contributed by atoms with Gasteiger partial charge in [0, 0.05) is 9.79 Å². The highest BCUT2D eigenvalue weighted by molar-refractivity contribution is 7.99. The Kier molecular flexibility index (Phi) is 2.92. The zero-order chi connectivity index (χ0) is 11.5. The predicted molar refractivity (Wildman–Crippen MR) is 64.7 cm³/mol. The van der Waals surface area contributed by atoms with Crippen LogP contribution in [-0.2, 0) is 0 Å². The quantitative estimate of drug-likeness (QED) is 0.551. The summed E-state index contributed by atoms with van der Waals surface area (Å²) in [7, 11) is 0. The molecule has 0 atom stereocenters. The lowest BCUT2D eigenvalue weighted by atomic mass is 10.3. The molecule has 2 aromatic carbocycles. The molecule has 4 heteroatoms. The molecule has 2 aromatic rings. The minimum absolute atomic E-state index is 0.0926. The van der Waals surface area contributed by atoms with Crippen LogP contribution in [0.25, 0.3) is 0 Å². The van der Waals surface area contributed by atoms with Gasteiger partial charge in [-0.05, 0) is 42.5 Å². The molecule has 0 aliphatic rings. The van der Waals surface area contributed by atoms with E-state index in [2.05, 4.69) is 0 Å². The van der Waals surface area contributed by atoms with Crippen LogP contribution in [0, 0.1) is 0 Å². The third kappa shape index (κ3) is 2.41. The molecule has 0 amide bonds. The zero-order valence-electron chi connectivity index (χ0n) is 8.42. The first-order valence-electron chi connectivity index (χ1n) is 4.70. The van der Waals surface area contributed by atoms with Crippen LogP contribution < -0.4 is 5.73 Å². The van der Waals surface area contributed by atoms with Crippen molar-refractivity contribution in [3.05, 3.63) is 42.5 Å². The molecule has 0 bridgehead atoms. The second-order valence-electron chi connectivity index (χ2n) is 3.32. The molecule has 0 aromatic heterocycles. The van der Waals surface area contributed by atoms with Crippen molar-refractivity contribution < 1.29 is 10.2 Å². The van der Waals surface area contributed by atoms with Gasteiger partial charge in [-0.1, -0.05) is 11.8 Å². The van der Waals surface area contributed by atoms with E-state index in [1.165, 1.54) is 11.8 Å². The van der Waals surface area contributed by atoms with Crippen LogP contribution in [0.4, 0.5) is 5.69 Å². The van der Waals surface area contributed by atoms with Crippen LogP contribution in [0.3, 0.4) is 0 Å². The summed E-state index contributed by atoms with van der Waals surface area (Å²) in [6.45, 7) is 0. The summed E-state index contributed by atoms with van der Waals surface area (Å²) in [5, 5.41) is 18.4. The largest absolute Gasteiger partial charge is 0.508 e. The van der Waals surface area contributed by atoms with E-state index in [1.807, 2.05) is 12.1 Å². The summed E-state index contributed by atoms with van der Waals surface area (Å²) < 4.78 is 0. The van der Waals surface area contributed by atoms with Crippen molar-refractivity contribution in [2.45, 2.75) is 9.79 Å². The topological polar surface area (TPSA) is 66.5 Å². The Balaban J connectivity index is 2.20. The Morgan fingerprint density at radius 2 is 1.50 bits per heavy atom. The van der Waals surface area contributed by atoms with Crippen molar-refractivity contribution in [3.63, 3.8) is 0 Å². The molecule has 82 valence electrons. The maximum Gasteiger partial charge on any atom is 0.138 e. The SMILES string of the molecule is Nc1cc(Sc2ccc(O)cc2)ccc1O. The molecule has 0 spiro atoms. The fraction of sp³-hybridized carbons (Fsp3) is 0. The van der Waals surface area contributed by atoms with Crippen molar-refractivity contribution in [3.8, 4) is 11.5 Å². The number of rotatable bonds is 2. The van der Waals surface area contributed by atoms with Crippen LogP contribution in [-0.4, -0.2) is 10.2 Å². The maximum absolute atomic E-state index is 9.28. The smallest absolute Gasteiger partial charge is 0.138 e. The minimum Gasteiger partial charge on any atom is -0.508 e. The number of phenolic OH excluding ortho intramolecular Hbond substituents is 2. The van der Waals surface area contributed by atoms with Gasteiger partial charge in [-0.3, -0.25) is 0 Å². The van der Waals surface area contributed by atoms with E-state index in [0.29, 0.717) is 5.69 Å². The number of hydrogen-bond donors (Lipinski definition) is 3. The Labute approximate surface area is 97.5 Å². The monoisotopic (exact) mass is 233 g/mol. The molecule has 0 saturated carbocycles. The van der Waals surface area contributed by atoms with Gasteiger partial charge in [0.2, 0.25) is 0 Å². The Hall–Kier alpha value is -1.81. The summed E-state index contributed by atoms with van der Waals surface area (Å²) in [5.41, 5.74) is 5.96. The zero-order valence-corrected chi connectivity index (χ0v) is 9.24. The average Bonchev–Trinajstić information content (AvgIpc) is 2.27. The average molecular weight is 233 g/mol. The van der Waals surface area contributed by atoms with Crippen molar-refractivity contribution >= 4 is 17.4 Å². The van der Waals surface area contributed by atoms with Gasteiger partial charge in [-0.25, -0.2) is 0 Å². The number of aromatic hydroxyl groups is 2. The van der Waals surface area contributed by atoms with E-state index in [9.17, 15) is 5.11 Å². The van der Waals surface area contributed by atoms with Crippen LogP contribution >= 0.6 is 11.8 Å². The van der Waals surface area contributed by atoms with Crippen molar-refractivity contribution in [1.82, 2.24) is 0 Å². The first-order valence-corrected chi connectivity index (χ1v) is 5.52. The van der Waals surface area contributed by atoms with Gasteiger partial charge in [0.05, 0.1) is 5.69 Å². The third-order valence-corrected chi connectivity index (χ3v) is 3.07. The molecule has 0 heterocycles. The molecule has 0 radical (unpaired) electrons. The second kappa shape index (κ2) is 4.37. The van der Waals surface area contributed by atoms with Crippen molar-refractivity contribution in [2.24, 2.45) is 0 Å². The van der Waals surface area contributed by atoms with Gasteiger partial charge in [0.15, 0.2) is 0 Å². The molecule has 0 aliphatic heterocycles. The standard InChI is InChI=1S/C12H11NO2S/c13-11-7-10(5-6-12(11)15)16-9-3-1-8(14)2-4-9/h1-7,14-15H,13H2. The first-order chi connectivity index (χ1) is 7.65. The summed E-state index contributed by atoms with van der Waals surface area (Å²) in [4.78, 5) is 1.95. The highest BCUT2D eigenvalue weighted by Crippen LogP contribution is 2.32. The fourth-order valence-electron chi connectivity index (χ4n) is 1.25. The number of nitrogens with two attached hydrogens (primary N) is 1. The second-order valence-corrected chi connectivity index (χ2v) is 4.46. The molecule has 4 N–H and O–H groups in total. The third-order valence-electron chi connectivity index (χ3n) is 2.07. The summed E-state index contributed by atoms with van der Waals surface area (Å²) in [5.74, 6) is 0.338. The van der Waals surface area contributed by atoms with E-state index in [-0.39, 0.29) is 11.5 Å². The summed E-state index contributed by atoms with van der Waals surface area (Å²) in [6.07, 6.45) is 0. The Bertz CT molecular complexity index is 497. The molecular weight excluding hydrogens is 222 g/mol. The molecule has 16 heavy (non-hydrogen) atoms. The number of nitrogen functional groups attached to an aromatic ring is 1. The summed E-state index contributed by atoms with van der Waals surface area (Å²) >= 11 is 1.52. The lowest BCUT2D eigenvalue weighted by molar-refractivity contribution is 0.475. The minimum atomic E-state index is 0.0926. The molecule has 0 unspecified atom stereocenters. The molecule has 0 fully saturated rings. The summed E-state index contributed by atoms with van der Waals surface area (Å²) in [6, 6.07) is 12.0. The van der Waals surface area contributed by atoms with Crippen molar-refractivity contribution in [2.75, 3.05) is 5.73 Å². The van der Waals surface area contributed by atoms with Gasteiger partial charge in [0.25, 0.3) is 0 Å². The van der Waals surface area contributed by atoms with Gasteiger partial charge < -0.3 is 15.9 Å². The highest BCUT2D eigenvalue weighted by atomic mass is 32.2. The number of phenols is 2. The Morgan fingerprint density at radius 3 is 2.12 bits per heavy atom. The maximum atomic E-state index is 9.28. The number of benzene rings is 2. The van der Waals surface area contributed by atoms with Gasteiger partial charge in [-0.15, -0.1) is 0 Å². The van der Waals surface area contributed by atoms with Gasteiger partial charge in [-0.2, -0.15) is 0 Å². The lowest BCUT2D eigenvalue weighted by Gasteiger charge is -2.04. The molecular formula is C12H11NO2S. The highest BCUT2D eigenvalue weighted by Gasteiger charge is 2.01. The molecule has 0 aliphatic carbocycles. The number of anilines is 1. The van der Waals surface area contributed by atoms with E-state index in [1.54, 1.807) is 30.3 Å². The Morgan fingerprint density at radius 1 is 0.875 bits per heavy atom. The van der Waals surface area contributed by atoms with E-state index < -0.39 is 0 Å². The van der Waals surface area contributed by atoms with E-state index >= 15 is 0 Å². The van der Waals surface area contributed by atoms with Gasteiger partial charge in [0.1, 0.15) is 11.5 Å². The van der Waals surface area contributed by atoms with E-state index in [4.69, 9.17) is 10.8 Å². The number of hydrogen-bond acceptors (Lipinski definition) is 4. The normalized spacial score (nSPS) is 10.2.